The van der Waals surface area contributed by atoms with Crippen molar-refractivity contribution in [1.29, 1.82) is 0 Å². The molecule has 0 saturated carbocycles. The van der Waals surface area contributed by atoms with Gasteiger partial charge in [-0.3, -0.25) is 0 Å². The van der Waals surface area contributed by atoms with E-state index in [0.29, 0.717) is 6.10 Å². The lowest BCUT2D eigenvalue weighted by molar-refractivity contribution is 0.0986. The highest BCUT2D eigenvalue weighted by Gasteiger charge is 2.20. The fourth-order valence-electron chi connectivity index (χ4n) is 1.76. The van der Waals surface area contributed by atoms with Gasteiger partial charge in [-0.25, -0.2) is 0 Å². The van der Waals surface area contributed by atoms with Crippen LogP contribution in [0.25, 0.3) is 0 Å². The van der Waals surface area contributed by atoms with Crippen LogP contribution in [0.5, 0.6) is 0 Å². The van der Waals surface area contributed by atoms with Crippen LogP contribution in [0.3, 0.4) is 0 Å². The summed E-state index contributed by atoms with van der Waals surface area (Å²) in [5.41, 5.74) is 6.10. The van der Waals surface area contributed by atoms with Crippen LogP contribution in [0.1, 0.15) is 30.2 Å². The lowest BCUT2D eigenvalue weighted by Crippen LogP contribution is -2.17. The zero-order valence-electron chi connectivity index (χ0n) is 7.91. The van der Waals surface area contributed by atoms with Gasteiger partial charge in [-0.1, -0.05) is 0 Å². The summed E-state index contributed by atoms with van der Waals surface area (Å²) in [6, 6.07) is 4.28. The molecule has 2 heterocycles. The van der Waals surface area contributed by atoms with Crippen molar-refractivity contribution in [3.8, 4) is 0 Å². The van der Waals surface area contributed by atoms with Crippen LogP contribution in [0.15, 0.2) is 15.9 Å². The van der Waals surface area contributed by atoms with E-state index in [1.807, 2.05) is 0 Å². The smallest absolute Gasteiger partial charge is 0.0701 e. The van der Waals surface area contributed by atoms with E-state index in [0.717, 1.165) is 16.8 Å². The average Bonchev–Trinajstić information content (AvgIpc) is 2.75. The zero-order chi connectivity index (χ0) is 9.97. The van der Waals surface area contributed by atoms with Gasteiger partial charge in [-0.05, 0) is 47.3 Å². The van der Waals surface area contributed by atoms with Crippen LogP contribution in [-0.2, 0) is 4.74 Å². The molecule has 14 heavy (non-hydrogen) atoms. The van der Waals surface area contributed by atoms with Gasteiger partial charge >= 0.3 is 0 Å². The zero-order valence-corrected chi connectivity index (χ0v) is 10.3. The number of ether oxygens (including phenoxy) is 1. The molecule has 2 atom stereocenters. The number of thiophene rings is 1. The van der Waals surface area contributed by atoms with Crippen LogP contribution in [0.2, 0.25) is 0 Å². The molecule has 1 aliphatic heterocycles. The summed E-state index contributed by atoms with van der Waals surface area (Å²) < 4.78 is 6.71. The molecular formula is C10H14BrNOS. The SMILES string of the molecule is NC(CC1CCCO1)c1ccc(Br)s1. The normalized spacial score (nSPS) is 24.0. The van der Waals surface area contributed by atoms with Gasteiger partial charge in [0.15, 0.2) is 0 Å². The standard InChI is InChI=1S/C10H14BrNOS/c11-10-4-3-9(14-10)8(12)6-7-2-1-5-13-7/h3-4,7-8H,1-2,5-6,12H2. The van der Waals surface area contributed by atoms with Gasteiger partial charge in [0, 0.05) is 17.5 Å². The number of halogens is 1. The van der Waals surface area contributed by atoms with E-state index in [1.165, 1.54) is 17.7 Å². The van der Waals surface area contributed by atoms with Crippen molar-refractivity contribution in [2.24, 2.45) is 5.73 Å². The molecule has 0 spiro atoms. The molecule has 0 aliphatic carbocycles. The van der Waals surface area contributed by atoms with Gasteiger partial charge in [0.2, 0.25) is 0 Å². The van der Waals surface area contributed by atoms with E-state index in [9.17, 15) is 0 Å². The van der Waals surface area contributed by atoms with Crippen LogP contribution in [0, 0.1) is 0 Å². The van der Waals surface area contributed by atoms with E-state index in [-0.39, 0.29) is 6.04 Å². The minimum atomic E-state index is 0.134. The summed E-state index contributed by atoms with van der Waals surface area (Å²) in [7, 11) is 0. The van der Waals surface area contributed by atoms with E-state index in [2.05, 4.69) is 28.1 Å². The molecule has 1 aromatic rings. The highest BCUT2D eigenvalue weighted by molar-refractivity contribution is 9.11. The second-order valence-corrected chi connectivity index (χ2v) is 6.11. The first-order valence-corrected chi connectivity index (χ1v) is 6.49. The second-order valence-electron chi connectivity index (χ2n) is 3.62. The third kappa shape index (κ3) is 2.57. The first kappa shape index (κ1) is 10.6. The number of nitrogens with two attached hydrogens (primary N) is 1. The van der Waals surface area contributed by atoms with Crippen molar-refractivity contribution in [3.05, 3.63) is 20.8 Å². The Kier molecular flexibility index (Phi) is 3.60. The van der Waals surface area contributed by atoms with Crippen molar-refractivity contribution in [3.63, 3.8) is 0 Å². The molecule has 0 amide bonds. The molecular weight excluding hydrogens is 262 g/mol. The van der Waals surface area contributed by atoms with Crippen molar-refractivity contribution in [2.75, 3.05) is 6.61 Å². The average molecular weight is 276 g/mol. The van der Waals surface area contributed by atoms with E-state index >= 15 is 0 Å². The molecule has 0 bridgehead atoms. The topological polar surface area (TPSA) is 35.2 Å². The second kappa shape index (κ2) is 4.75. The molecule has 1 fully saturated rings. The quantitative estimate of drug-likeness (QED) is 0.920. The Morgan fingerprint density at radius 2 is 2.50 bits per heavy atom. The Morgan fingerprint density at radius 3 is 3.07 bits per heavy atom. The van der Waals surface area contributed by atoms with Crippen molar-refractivity contribution >= 4 is 27.3 Å². The van der Waals surface area contributed by atoms with Gasteiger partial charge in [-0.2, -0.15) is 0 Å². The molecule has 0 aromatic carbocycles. The molecule has 78 valence electrons. The molecule has 1 aliphatic rings. The molecule has 1 aromatic heterocycles. The third-order valence-electron chi connectivity index (χ3n) is 2.50. The molecule has 2 rings (SSSR count). The predicted molar refractivity (Wildman–Crippen MR) is 62.5 cm³/mol. The first-order valence-electron chi connectivity index (χ1n) is 4.88. The number of rotatable bonds is 3. The van der Waals surface area contributed by atoms with Crippen molar-refractivity contribution < 1.29 is 4.74 Å². The lowest BCUT2D eigenvalue weighted by atomic mass is 10.1. The van der Waals surface area contributed by atoms with Crippen LogP contribution in [-0.4, -0.2) is 12.7 Å². The van der Waals surface area contributed by atoms with Crippen molar-refractivity contribution in [2.45, 2.75) is 31.4 Å². The fraction of sp³-hybridized carbons (Fsp3) is 0.600. The summed E-state index contributed by atoms with van der Waals surface area (Å²) >= 11 is 5.16. The first-order chi connectivity index (χ1) is 6.75. The summed E-state index contributed by atoms with van der Waals surface area (Å²) in [5.74, 6) is 0. The highest BCUT2D eigenvalue weighted by atomic mass is 79.9. The Morgan fingerprint density at radius 1 is 1.64 bits per heavy atom. The minimum Gasteiger partial charge on any atom is -0.378 e. The molecule has 0 radical (unpaired) electrons. The lowest BCUT2D eigenvalue weighted by Gasteiger charge is -2.14. The van der Waals surface area contributed by atoms with Gasteiger partial charge < -0.3 is 10.5 Å². The van der Waals surface area contributed by atoms with Crippen LogP contribution in [0.4, 0.5) is 0 Å². The Bertz CT molecular complexity index is 296. The van der Waals surface area contributed by atoms with Crippen LogP contribution >= 0.6 is 27.3 Å². The molecule has 1 saturated heterocycles. The molecule has 2 nitrogen and oxygen atoms in total. The van der Waals surface area contributed by atoms with Gasteiger partial charge in [0.25, 0.3) is 0 Å². The highest BCUT2D eigenvalue weighted by Crippen LogP contribution is 2.30. The number of hydrogen-bond donors (Lipinski definition) is 1. The summed E-state index contributed by atoms with van der Waals surface area (Å²) in [4.78, 5) is 1.24. The maximum Gasteiger partial charge on any atom is 0.0701 e. The van der Waals surface area contributed by atoms with E-state index in [1.54, 1.807) is 11.3 Å². The summed E-state index contributed by atoms with van der Waals surface area (Å²) in [5, 5.41) is 0. The fourth-order valence-corrected chi connectivity index (χ4v) is 3.20. The molecule has 2 N–H and O–H groups in total. The third-order valence-corrected chi connectivity index (χ3v) is 4.26. The minimum absolute atomic E-state index is 0.134. The molecule has 4 heteroatoms. The predicted octanol–water partition coefficient (Wildman–Crippen LogP) is 3.08. The number of hydrogen-bond acceptors (Lipinski definition) is 3. The summed E-state index contributed by atoms with van der Waals surface area (Å²) in [6.07, 6.45) is 3.68. The maximum absolute atomic E-state index is 6.10. The van der Waals surface area contributed by atoms with Crippen molar-refractivity contribution in [1.82, 2.24) is 0 Å². The van der Waals surface area contributed by atoms with Gasteiger partial charge in [0.1, 0.15) is 0 Å². The maximum atomic E-state index is 6.10. The Balaban J connectivity index is 1.91. The largest absolute Gasteiger partial charge is 0.378 e. The van der Waals surface area contributed by atoms with E-state index < -0.39 is 0 Å². The van der Waals surface area contributed by atoms with Gasteiger partial charge in [0.05, 0.1) is 9.89 Å². The Labute approximate surface area is 96.6 Å². The van der Waals surface area contributed by atoms with E-state index in [4.69, 9.17) is 10.5 Å². The van der Waals surface area contributed by atoms with Crippen LogP contribution < -0.4 is 5.73 Å². The Hall–Kier alpha value is 0.1000. The monoisotopic (exact) mass is 275 g/mol. The summed E-state index contributed by atoms with van der Waals surface area (Å²) in [6.45, 7) is 0.908. The van der Waals surface area contributed by atoms with Gasteiger partial charge in [-0.15, -0.1) is 11.3 Å². The molecule has 2 unspecified atom stereocenters.